The monoisotopic (exact) mass is 301 g/mol. The first-order valence-corrected chi connectivity index (χ1v) is 6.99. The van der Waals surface area contributed by atoms with E-state index in [9.17, 15) is 9.90 Å². The lowest BCUT2D eigenvalue weighted by molar-refractivity contribution is 0.212. The molecule has 0 fully saturated rings. The molecule has 0 aromatic heterocycles. The van der Waals surface area contributed by atoms with Crippen molar-refractivity contribution in [3.8, 4) is 5.75 Å². The van der Waals surface area contributed by atoms with Gasteiger partial charge in [0.05, 0.1) is 12.9 Å². The molecule has 0 heterocycles. The molecule has 106 valence electrons. The summed E-state index contributed by atoms with van der Waals surface area (Å²) in [5.41, 5.74) is 0.945. The summed E-state index contributed by atoms with van der Waals surface area (Å²) < 4.78 is 4.65. The van der Waals surface area contributed by atoms with E-state index in [1.54, 1.807) is 12.1 Å². The van der Waals surface area contributed by atoms with E-state index in [0.29, 0.717) is 6.54 Å². The van der Waals surface area contributed by atoms with Crippen molar-refractivity contribution >= 4 is 40.1 Å². The number of nitrogens with zero attached hydrogens (tertiary/aromatic N) is 1. The fourth-order valence-corrected chi connectivity index (χ4v) is 2.05. The van der Waals surface area contributed by atoms with Gasteiger partial charge in [0.1, 0.15) is 14.7 Å². The van der Waals surface area contributed by atoms with Crippen LogP contribution in [0.2, 0.25) is 0 Å². The maximum Gasteiger partial charge on any atom is 0.416 e. The predicted octanol–water partition coefficient (Wildman–Crippen LogP) is 1.98. The Balaban J connectivity index is 2.01. The summed E-state index contributed by atoms with van der Waals surface area (Å²) in [5.74, 6) is 0.232. The Morgan fingerprint density at radius 2 is 2.10 bits per heavy atom. The van der Waals surface area contributed by atoms with Crippen LogP contribution < -0.4 is 10.3 Å². The number of carbonyl (C=O) groups excluding carboxylic acids is 1. The van der Waals surface area contributed by atoms with Crippen LogP contribution in [-0.2, 0) is 11.1 Å². The second-order valence-electron chi connectivity index (χ2n) is 4.04. The highest BCUT2D eigenvalue weighted by atomic mass is 31.1. The quantitative estimate of drug-likeness (QED) is 0.341. The van der Waals surface area contributed by atoms with Crippen LogP contribution >= 0.6 is 8.96 Å². The number of aliphatic imine (C=N–C) groups is 1. The van der Waals surface area contributed by atoms with E-state index in [1.165, 1.54) is 6.34 Å². The lowest BCUT2D eigenvalue weighted by atomic mass is 10.0. The molecule has 2 aromatic rings. The van der Waals surface area contributed by atoms with Gasteiger partial charge in [-0.3, -0.25) is 10.3 Å². The van der Waals surface area contributed by atoms with Gasteiger partial charge in [-0.25, -0.2) is 4.79 Å². The van der Waals surface area contributed by atoms with Crippen molar-refractivity contribution in [3.05, 3.63) is 42.0 Å². The standard InChI is InChI=1S/C13H13BN3O3P/c14-17-21-20-13(19)16-8-15-7-9-3-1-5-11-10(9)4-2-6-12(11)18/h1-6,8,17-18,21H,7H2,(H,15,16,19). The van der Waals surface area contributed by atoms with Crippen molar-refractivity contribution in [3.63, 3.8) is 0 Å². The third-order valence-corrected chi connectivity index (χ3v) is 3.13. The van der Waals surface area contributed by atoms with Crippen molar-refractivity contribution in [2.45, 2.75) is 6.54 Å². The summed E-state index contributed by atoms with van der Waals surface area (Å²) in [6.07, 6.45) is 0.635. The Morgan fingerprint density at radius 1 is 1.33 bits per heavy atom. The van der Waals surface area contributed by atoms with E-state index in [4.69, 9.17) is 7.98 Å². The smallest absolute Gasteiger partial charge is 0.416 e. The van der Waals surface area contributed by atoms with Crippen LogP contribution in [0.3, 0.4) is 0 Å². The molecule has 1 atom stereocenters. The van der Waals surface area contributed by atoms with E-state index in [1.807, 2.05) is 24.3 Å². The van der Waals surface area contributed by atoms with Crippen LogP contribution in [0.15, 0.2) is 41.4 Å². The van der Waals surface area contributed by atoms with E-state index < -0.39 is 6.09 Å². The molecule has 0 saturated heterocycles. The molecular weight excluding hydrogens is 288 g/mol. The Morgan fingerprint density at radius 3 is 2.90 bits per heavy atom. The molecule has 0 saturated carbocycles. The summed E-state index contributed by atoms with van der Waals surface area (Å²) in [7, 11) is 4.67. The minimum Gasteiger partial charge on any atom is -0.507 e. The molecule has 8 heteroatoms. The summed E-state index contributed by atoms with van der Waals surface area (Å²) in [6, 6.07) is 10.9. The van der Waals surface area contributed by atoms with Crippen molar-refractivity contribution < 1.29 is 14.4 Å². The number of phenols is 1. The highest BCUT2D eigenvalue weighted by Gasteiger charge is 2.03. The fourth-order valence-electron chi connectivity index (χ4n) is 1.84. The third kappa shape index (κ3) is 4.18. The average molecular weight is 301 g/mol. The van der Waals surface area contributed by atoms with E-state index in [0.717, 1.165) is 16.3 Å². The zero-order chi connectivity index (χ0) is 15.1. The number of nitrogens with one attached hydrogen (secondary N) is 2. The first-order valence-electron chi connectivity index (χ1n) is 6.08. The Hall–Kier alpha value is -2.11. The molecule has 2 aromatic carbocycles. The second-order valence-corrected chi connectivity index (χ2v) is 4.74. The van der Waals surface area contributed by atoms with Gasteiger partial charge in [-0.2, -0.15) is 0 Å². The van der Waals surface area contributed by atoms with Crippen LogP contribution in [0, 0.1) is 0 Å². The lowest BCUT2D eigenvalue weighted by Crippen LogP contribution is -2.20. The number of phenolic OH excluding ortho intramolecular Hbond substituents is 1. The maximum atomic E-state index is 11.1. The summed E-state index contributed by atoms with van der Waals surface area (Å²) in [5, 5.41) is 13.8. The van der Waals surface area contributed by atoms with Crippen LogP contribution in [0.1, 0.15) is 5.56 Å². The first kappa shape index (κ1) is 15.3. The zero-order valence-electron chi connectivity index (χ0n) is 11.0. The molecule has 1 amide bonds. The van der Waals surface area contributed by atoms with Crippen molar-refractivity contribution in [1.82, 2.24) is 10.3 Å². The van der Waals surface area contributed by atoms with Crippen LogP contribution in [0.25, 0.3) is 10.8 Å². The van der Waals surface area contributed by atoms with Crippen molar-refractivity contribution in [2.24, 2.45) is 4.99 Å². The predicted molar refractivity (Wildman–Crippen MR) is 84.6 cm³/mol. The van der Waals surface area contributed by atoms with Crippen molar-refractivity contribution in [1.29, 1.82) is 0 Å². The van der Waals surface area contributed by atoms with Gasteiger partial charge in [0.25, 0.3) is 0 Å². The average Bonchev–Trinajstić information content (AvgIpc) is 2.50. The SMILES string of the molecule is [B]NPOC(=O)NC=NCc1cccc2c(O)cccc12. The Kier molecular flexibility index (Phi) is 5.55. The molecule has 0 aliphatic heterocycles. The minimum atomic E-state index is -0.634. The molecule has 0 aliphatic rings. The molecule has 21 heavy (non-hydrogen) atoms. The number of fused-ring (bicyclic) bond motifs is 1. The molecular formula is C13H13BN3O3P. The number of carbonyl (C=O) groups is 1. The van der Waals surface area contributed by atoms with Crippen LogP contribution in [-0.4, -0.2) is 25.5 Å². The number of amides is 1. The van der Waals surface area contributed by atoms with Crippen molar-refractivity contribution in [2.75, 3.05) is 0 Å². The van der Waals surface area contributed by atoms with E-state index >= 15 is 0 Å². The topological polar surface area (TPSA) is 83.0 Å². The van der Waals surface area contributed by atoms with E-state index in [2.05, 4.69) is 19.8 Å². The molecule has 2 rings (SSSR count). The molecule has 1 unspecified atom stereocenters. The highest BCUT2D eigenvalue weighted by Crippen LogP contribution is 2.27. The molecule has 0 aliphatic carbocycles. The van der Waals surface area contributed by atoms with Gasteiger partial charge >= 0.3 is 6.09 Å². The lowest BCUT2D eigenvalue weighted by Gasteiger charge is -2.05. The van der Waals surface area contributed by atoms with Gasteiger partial charge in [0, 0.05) is 5.39 Å². The zero-order valence-corrected chi connectivity index (χ0v) is 12.0. The van der Waals surface area contributed by atoms with Crippen LogP contribution in [0.4, 0.5) is 4.79 Å². The molecule has 3 N–H and O–H groups in total. The van der Waals surface area contributed by atoms with Gasteiger partial charge in [0.15, 0.2) is 7.98 Å². The Labute approximate surface area is 125 Å². The van der Waals surface area contributed by atoms with Gasteiger partial charge in [-0.05, 0) is 17.0 Å². The summed E-state index contributed by atoms with van der Waals surface area (Å²) in [6.45, 7) is 0.374. The minimum absolute atomic E-state index is 0.232. The molecule has 0 bridgehead atoms. The highest BCUT2D eigenvalue weighted by molar-refractivity contribution is 7.32. The van der Waals surface area contributed by atoms with Gasteiger partial charge < -0.3 is 14.6 Å². The summed E-state index contributed by atoms with van der Waals surface area (Å²) >= 11 is 0. The fraction of sp³-hybridized carbons (Fsp3) is 0.0769. The van der Waals surface area contributed by atoms with Crippen LogP contribution in [0.5, 0.6) is 5.75 Å². The van der Waals surface area contributed by atoms with Gasteiger partial charge in [0.2, 0.25) is 0 Å². The first-order chi connectivity index (χ1) is 10.2. The third-order valence-electron chi connectivity index (χ3n) is 2.73. The van der Waals surface area contributed by atoms with Gasteiger partial charge in [-0.15, -0.1) is 0 Å². The van der Waals surface area contributed by atoms with Gasteiger partial charge in [-0.1, -0.05) is 30.3 Å². The number of benzene rings is 2. The molecule has 2 radical (unpaired) electrons. The largest absolute Gasteiger partial charge is 0.507 e. The maximum absolute atomic E-state index is 11.1. The van der Waals surface area contributed by atoms with E-state index in [-0.39, 0.29) is 14.7 Å². The number of aromatic hydroxyl groups is 1. The number of rotatable bonds is 5. The summed E-state index contributed by atoms with van der Waals surface area (Å²) in [4.78, 5) is 17.4. The number of hydrogen-bond donors (Lipinski definition) is 3. The second kappa shape index (κ2) is 7.62. The number of hydrogen-bond acceptors (Lipinski definition) is 5. The Bertz CT molecular complexity index is 666. The normalized spacial score (nSPS) is 11.4. The molecule has 0 spiro atoms. The molecule has 6 nitrogen and oxygen atoms in total.